The number of nitrogens with one attached hydrogen (secondary N) is 2. The third kappa shape index (κ3) is 5.79. The standard InChI is InChI=1S/C28H14N12O12S4/c41-53(42,43)17-1-9-13(5-29-17)25-33-21(9)37-26-14-6-30-18(54(44,45)46)2-10(14)23(34-26)39-28-16-8-32-20(56(50,51)52)4-12(16)24(36-28)40-27-15-7-31-19(55(47,48)49)3-11(15)22(35-27)38-25/h1-8H,(H,41,42,43)(H,44,45,46)(H,47,48,49)(H,50,51,52)(H2,33,34,35,36,37,38,39,40). The molecule has 9 heterocycles. The topological polar surface area (TPSA) is 378 Å². The summed E-state index contributed by atoms with van der Waals surface area (Å²) in [4.78, 5) is 48.0. The molecule has 7 aromatic rings. The zero-order valence-electron chi connectivity index (χ0n) is 26.8. The number of pyridine rings is 4. The van der Waals surface area contributed by atoms with Crippen LogP contribution in [0.15, 0.2) is 69.2 Å². The second-order valence-electron chi connectivity index (χ2n) is 11.8. The third-order valence-corrected chi connectivity index (χ3v) is 11.3. The smallest absolute Gasteiger partial charge is 0.312 e. The predicted octanol–water partition coefficient (Wildman–Crippen LogP) is 1.44. The van der Waals surface area contributed by atoms with E-state index in [2.05, 4.69) is 59.8 Å². The van der Waals surface area contributed by atoms with Crippen LogP contribution >= 0.6 is 0 Å². The fraction of sp³-hybridized carbons (Fsp3) is 0. The van der Waals surface area contributed by atoms with Gasteiger partial charge < -0.3 is 9.97 Å². The monoisotopic (exact) mass is 838 g/mol. The lowest BCUT2D eigenvalue weighted by Crippen LogP contribution is -2.01. The fourth-order valence-corrected chi connectivity index (χ4v) is 7.67. The Morgan fingerprint density at radius 1 is 0.357 bits per heavy atom. The van der Waals surface area contributed by atoms with Gasteiger partial charge in [-0.25, -0.2) is 49.8 Å². The van der Waals surface area contributed by atoms with Crippen molar-refractivity contribution in [1.29, 1.82) is 0 Å². The van der Waals surface area contributed by atoms with E-state index in [0.717, 1.165) is 49.1 Å². The lowest BCUT2D eigenvalue weighted by atomic mass is 10.1. The third-order valence-electron chi connectivity index (χ3n) is 8.32. The second-order valence-corrected chi connectivity index (χ2v) is 17.3. The Balaban J connectivity index is 1.50. The molecule has 0 aliphatic carbocycles. The first kappa shape index (κ1) is 35.3. The number of hydrogen-bond donors (Lipinski definition) is 6. The minimum atomic E-state index is -4.87. The van der Waals surface area contributed by atoms with Gasteiger partial charge in [0.1, 0.15) is 22.6 Å². The molecular formula is C28H14N12O12S4. The summed E-state index contributed by atoms with van der Waals surface area (Å²) in [5.41, 5.74) is -0.491. The van der Waals surface area contributed by atoms with Gasteiger partial charge in [-0.05, 0) is 24.3 Å². The molecule has 2 aliphatic rings. The van der Waals surface area contributed by atoms with Crippen molar-refractivity contribution in [3.8, 4) is 45.6 Å². The van der Waals surface area contributed by atoms with Crippen molar-refractivity contribution in [2.75, 3.05) is 0 Å². The molecule has 0 amide bonds. The molecule has 28 heteroatoms. The molecule has 282 valence electrons. The van der Waals surface area contributed by atoms with Gasteiger partial charge >= 0.3 is 40.5 Å². The summed E-state index contributed by atoms with van der Waals surface area (Å²) in [7, 11) is -19.5. The van der Waals surface area contributed by atoms with Crippen molar-refractivity contribution >= 4 is 84.6 Å². The Morgan fingerprint density at radius 2 is 0.643 bits per heavy atom. The molecule has 9 rings (SSSR count). The number of aromatic amines is 2. The number of H-pyrrole nitrogens is 2. The quantitative estimate of drug-likeness (QED) is 0.136. The molecule has 56 heavy (non-hydrogen) atoms. The Kier molecular flexibility index (Phi) is 7.29. The van der Waals surface area contributed by atoms with Crippen LogP contribution in [0.25, 0.3) is 89.7 Å². The molecule has 8 bridgehead atoms. The van der Waals surface area contributed by atoms with Gasteiger partial charge in [0.25, 0.3) is 0 Å². The van der Waals surface area contributed by atoms with Crippen molar-refractivity contribution in [1.82, 2.24) is 59.8 Å². The number of fused-ring (bicyclic) bond motifs is 20. The van der Waals surface area contributed by atoms with Gasteiger partial charge in [0.05, 0.1) is 0 Å². The summed E-state index contributed by atoms with van der Waals surface area (Å²) < 4.78 is 136. The maximum Gasteiger partial charge on any atom is 0.312 e. The largest absolute Gasteiger partial charge is 0.324 e. The van der Waals surface area contributed by atoms with Crippen LogP contribution in [-0.2, 0) is 40.5 Å². The molecule has 0 saturated carbocycles. The SMILES string of the molecule is O=S(=O)(O)c1cc2c(cn1)-c1nc-2nc2[nH]c(nc3nc(nc4[nH]c(n1)c1cc(S(=O)(=O)O)ncc41)-c1cc(S(=O)(=O)O)ncc1-3)c1cc(S(=O)(=O)O)ncc21. The van der Waals surface area contributed by atoms with E-state index in [0.29, 0.717) is 0 Å². The first-order chi connectivity index (χ1) is 26.2. The minimum absolute atomic E-state index is 0.00537. The Bertz CT molecular complexity index is 3380. The van der Waals surface area contributed by atoms with E-state index in [9.17, 15) is 51.9 Å². The van der Waals surface area contributed by atoms with E-state index in [4.69, 9.17) is 0 Å². The van der Waals surface area contributed by atoms with Gasteiger partial charge in [-0.1, -0.05) is 0 Å². The molecule has 0 fully saturated rings. The highest BCUT2D eigenvalue weighted by Crippen LogP contribution is 2.38. The van der Waals surface area contributed by atoms with Gasteiger partial charge in [-0.2, -0.15) is 33.7 Å². The fourth-order valence-electron chi connectivity index (χ4n) is 5.86. The summed E-state index contributed by atoms with van der Waals surface area (Å²) in [6.07, 6.45) is 4.11. The van der Waals surface area contributed by atoms with Crippen molar-refractivity contribution in [3.63, 3.8) is 0 Å². The van der Waals surface area contributed by atoms with Crippen LogP contribution in [0.3, 0.4) is 0 Å². The van der Waals surface area contributed by atoms with Gasteiger partial charge in [0, 0.05) is 68.6 Å². The predicted molar refractivity (Wildman–Crippen MR) is 186 cm³/mol. The molecule has 7 aromatic heterocycles. The Labute approximate surface area is 309 Å². The highest BCUT2D eigenvalue weighted by Gasteiger charge is 2.27. The van der Waals surface area contributed by atoms with Crippen LogP contribution in [0, 0.1) is 0 Å². The number of nitrogens with zero attached hydrogens (tertiary/aromatic N) is 10. The van der Waals surface area contributed by atoms with Crippen molar-refractivity contribution < 1.29 is 51.9 Å². The first-order valence-electron chi connectivity index (χ1n) is 15.0. The molecule has 0 spiro atoms. The van der Waals surface area contributed by atoms with Crippen LogP contribution in [0.2, 0.25) is 0 Å². The molecule has 0 radical (unpaired) electrons. The van der Waals surface area contributed by atoms with Crippen LogP contribution in [0.1, 0.15) is 0 Å². The minimum Gasteiger partial charge on any atom is -0.324 e. The first-order valence-corrected chi connectivity index (χ1v) is 20.7. The number of hydrogen-bond acceptors (Lipinski definition) is 18. The van der Waals surface area contributed by atoms with E-state index in [1.165, 1.54) is 0 Å². The molecule has 0 unspecified atom stereocenters. The van der Waals surface area contributed by atoms with E-state index in [1.807, 2.05) is 0 Å². The molecule has 0 saturated heterocycles. The zero-order chi connectivity index (χ0) is 39.7. The molecule has 6 N–H and O–H groups in total. The van der Waals surface area contributed by atoms with Gasteiger partial charge in [0.2, 0.25) is 0 Å². The lowest BCUT2D eigenvalue weighted by molar-refractivity contribution is 0.477. The van der Waals surface area contributed by atoms with Crippen molar-refractivity contribution in [3.05, 3.63) is 49.1 Å². The summed E-state index contributed by atoms with van der Waals surface area (Å²) in [5.74, 6) is -0.880. The van der Waals surface area contributed by atoms with Crippen LogP contribution in [0.4, 0.5) is 0 Å². The second kappa shape index (κ2) is 11.6. The number of rotatable bonds is 4. The lowest BCUT2D eigenvalue weighted by Gasteiger charge is -2.01. The maximum atomic E-state index is 12.1. The van der Waals surface area contributed by atoms with Crippen molar-refractivity contribution in [2.45, 2.75) is 20.1 Å². The van der Waals surface area contributed by atoms with Crippen LogP contribution in [-0.4, -0.2) is 112 Å². The van der Waals surface area contributed by atoms with E-state index < -0.39 is 60.6 Å². The summed E-state index contributed by atoms with van der Waals surface area (Å²) in [6.45, 7) is 0. The average molecular weight is 839 g/mol. The van der Waals surface area contributed by atoms with E-state index >= 15 is 0 Å². The maximum absolute atomic E-state index is 12.1. The summed E-state index contributed by atoms with van der Waals surface area (Å²) in [5, 5.41) is -2.99. The highest BCUT2D eigenvalue weighted by molar-refractivity contribution is 7.86. The highest BCUT2D eigenvalue weighted by atomic mass is 32.2. The van der Waals surface area contributed by atoms with Gasteiger partial charge in [0.15, 0.2) is 43.4 Å². The molecule has 0 aromatic carbocycles. The Hall–Kier alpha value is -6.40. The van der Waals surface area contributed by atoms with Gasteiger partial charge in [-0.15, -0.1) is 0 Å². The summed E-state index contributed by atoms with van der Waals surface area (Å²) >= 11 is 0. The van der Waals surface area contributed by atoms with Crippen molar-refractivity contribution in [2.24, 2.45) is 0 Å². The average Bonchev–Trinajstić information content (AvgIpc) is 3.84. The van der Waals surface area contributed by atoms with E-state index in [1.54, 1.807) is 0 Å². The summed E-state index contributed by atoms with van der Waals surface area (Å²) in [6, 6.07) is 3.85. The van der Waals surface area contributed by atoms with E-state index in [-0.39, 0.29) is 89.7 Å². The molecule has 24 nitrogen and oxygen atoms in total. The molecular weight excluding hydrogens is 825 g/mol. The van der Waals surface area contributed by atoms with Crippen LogP contribution in [0.5, 0.6) is 0 Å². The molecule has 2 aliphatic heterocycles. The Morgan fingerprint density at radius 3 is 0.982 bits per heavy atom. The molecule has 0 atom stereocenters. The normalized spacial score (nSPS) is 13.2. The number of aromatic nitrogens is 12. The van der Waals surface area contributed by atoms with Crippen LogP contribution < -0.4 is 0 Å². The zero-order valence-corrected chi connectivity index (χ0v) is 30.0. The van der Waals surface area contributed by atoms with Gasteiger partial charge in [-0.3, -0.25) is 18.2 Å².